The number of rotatable bonds is 2. The Morgan fingerprint density at radius 1 is 1.21 bits per heavy atom. The summed E-state index contributed by atoms with van der Waals surface area (Å²) in [5, 5.41) is -0.0701. The molecule has 0 atom stereocenters. The van der Waals surface area contributed by atoms with Gasteiger partial charge in [-0.05, 0) is 18.2 Å². The minimum Gasteiger partial charge on any atom is -0.280 e. The Balaban J connectivity index is 2.37. The van der Waals surface area contributed by atoms with Gasteiger partial charge < -0.3 is 0 Å². The summed E-state index contributed by atoms with van der Waals surface area (Å²) in [6, 6.07) is 3.80. The minimum atomic E-state index is -0.711. The van der Waals surface area contributed by atoms with Crippen molar-refractivity contribution in [2.75, 3.05) is 11.9 Å². The smallest absolute Gasteiger partial charge is 0.261 e. The number of halogens is 3. The third kappa shape index (κ3) is 2.83. The van der Waals surface area contributed by atoms with E-state index >= 15 is 0 Å². The molecule has 2 aromatic rings. The molecule has 0 saturated carbocycles. The first kappa shape index (κ1) is 13.7. The van der Waals surface area contributed by atoms with E-state index in [1.165, 1.54) is 30.4 Å². The van der Waals surface area contributed by atoms with Crippen molar-refractivity contribution in [3.8, 4) is 0 Å². The number of benzene rings is 1. The van der Waals surface area contributed by atoms with E-state index in [2.05, 4.69) is 9.97 Å². The summed E-state index contributed by atoms with van der Waals surface area (Å²) >= 11 is 11.5. The molecule has 1 heterocycles. The first-order valence-electron chi connectivity index (χ1n) is 5.20. The Morgan fingerprint density at radius 2 is 1.84 bits per heavy atom. The van der Waals surface area contributed by atoms with Crippen LogP contribution in [0.3, 0.4) is 0 Å². The van der Waals surface area contributed by atoms with Gasteiger partial charge in [-0.2, -0.15) is 0 Å². The van der Waals surface area contributed by atoms with Crippen LogP contribution in [0, 0.1) is 5.82 Å². The van der Waals surface area contributed by atoms with Gasteiger partial charge in [0.1, 0.15) is 5.82 Å². The monoisotopic (exact) mass is 299 g/mol. The van der Waals surface area contributed by atoms with E-state index in [1.807, 2.05) is 0 Å². The van der Waals surface area contributed by atoms with Crippen LogP contribution in [0.5, 0.6) is 0 Å². The van der Waals surface area contributed by atoms with Crippen LogP contribution in [0.2, 0.25) is 10.0 Å². The van der Waals surface area contributed by atoms with Gasteiger partial charge in [-0.1, -0.05) is 23.2 Å². The van der Waals surface area contributed by atoms with Crippen LogP contribution < -0.4 is 4.90 Å². The maximum Gasteiger partial charge on any atom is 0.261 e. The maximum absolute atomic E-state index is 13.4. The normalized spacial score (nSPS) is 10.3. The number of nitrogens with zero attached hydrogens (tertiary/aromatic N) is 3. The van der Waals surface area contributed by atoms with Gasteiger partial charge in [0.25, 0.3) is 5.91 Å². The van der Waals surface area contributed by atoms with Gasteiger partial charge in [0.2, 0.25) is 5.95 Å². The molecule has 0 fully saturated rings. The molecule has 1 aromatic carbocycles. The lowest BCUT2D eigenvalue weighted by Gasteiger charge is -2.15. The predicted molar refractivity (Wildman–Crippen MR) is 71.2 cm³/mol. The van der Waals surface area contributed by atoms with Crippen LogP contribution in [0.25, 0.3) is 0 Å². The lowest BCUT2D eigenvalue weighted by molar-refractivity contribution is 0.0991. The molecule has 0 aliphatic heterocycles. The first-order valence-corrected chi connectivity index (χ1v) is 5.96. The third-order valence-electron chi connectivity index (χ3n) is 2.40. The van der Waals surface area contributed by atoms with E-state index in [0.717, 1.165) is 6.07 Å². The van der Waals surface area contributed by atoms with Gasteiger partial charge in [-0.3, -0.25) is 9.69 Å². The number of carbonyl (C=O) groups is 1. The molecule has 0 aliphatic rings. The van der Waals surface area contributed by atoms with Crippen molar-refractivity contribution in [2.24, 2.45) is 0 Å². The van der Waals surface area contributed by atoms with E-state index in [-0.39, 0.29) is 21.6 Å². The van der Waals surface area contributed by atoms with Crippen molar-refractivity contribution < 1.29 is 9.18 Å². The molecule has 1 aromatic heterocycles. The Bertz CT molecular complexity index is 622. The molecule has 0 spiro atoms. The molecule has 0 aliphatic carbocycles. The molecule has 0 unspecified atom stereocenters. The number of anilines is 1. The Hall–Kier alpha value is -1.72. The molecule has 19 heavy (non-hydrogen) atoms. The van der Waals surface area contributed by atoms with Crippen molar-refractivity contribution in [3.63, 3.8) is 0 Å². The van der Waals surface area contributed by atoms with Gasteiger partial charge in [-0.15, -0.1) is 0 Å². The Labute approximate surface area is 118 Å². The van der Waals surface area contributed by atoms with Crippen molar-refractivity contribution in [1.82, 2.24) is 9.97 Å². The van der Waals surface area contributed by atoms with Crippen molar-refractivity contribution in [1.29, 1.82) is 0 Å². The van der Waals surface area contributed by atoms with Crippen LogP contribution in [-0.4, -0.2) is 22.9 Å². The lowest BCUT2D eigenvalue weighted by Crippen LogP contribution is -2.28. The van der Waals surface area contributed by atoms with Crippen LogP contribution in [0.1, 0.15) is 10.4 Å². The number of hydrogen-bond donors (Lipinski definition) is 0. The number of amides is 1. The molecule has 4 nitrogen and oxygen atoms in total. The molecule has 0 radical (unpaired) electrons. The van der Waals surface area contributed by atoms with Gasteiger partial charge >= 0.3 is 0 Å². The van der Waals surface area contributed by atoms with Gasteiger partial charge in [-0.25, -0.2) is 14.4 Å². The van der Waals surface area contributed by atoms with E-state index in [0.29, 0.717) is 0 Å². The highest BCUT2D eigenvalue weighted by molar-refractivity contribution is 6.37. The highest BCUT2D eigenvalue weighted by Crippen LogP contribution is 2.25. The minimum absolute atomic E-state index is 0.00137. The van der Waals surface area contributed by atoms with E-state index < -0.39 is 11.7 Å². The maximum atomic E-state index is 13.4. The van der Waals surface area contributed by atoms with E-state index in [1.54, 1.807) is 6.07 Å². The summed E-state index contributed by atoms with van der Waals surface area (Å²) in [6.07, 6.45) is 2.99. The summed E-state index contributed by atoms with van der Waals surface area (Å²) in [5.74, 6) is -1.04. The van der Waals surface area contributed by atoms with Crippen LogP contribution in [0.4, 0.5) is 10.3 Å². The molecule has 0 bridgehead atoms. The molecule has 7 heteroatoms. The molecular weight excluding hydrogens is 292 g/mol. The van der Waals surface area contributed by atoms with Crippen LogP contribution >= 0.6 is 23.2 Å². The summed E-state index contributed by atoms with van der Waals surface area (Å²) in [5.41, 5.74) is -0.00137. The first-order chi connectivity index (χ1) is 9.00. The molecule has 2 rings (SSSR count). The standard InChI is InChI=1S/C12H8Cl2FN3O/c1-18(12-16-3-2-4-17-12)11(19)7-5-10(15)9(14)6-8(7)13/h2-6H,1H3. The molecular formula is C12H8Cl2FN3O. The average molecular weight is 300 g/mol. The zero-order valence-corrected chi connectivity index (χ0v) is 11.3. The topological polar surface area (TPSA) is 46.1 Å². The number of aromatic nitrogens is 2. The van der Waals surface area contributed by atoms with E-state index in [4.69, 9.17) is 23.2 Å². The van der Waals surface area contributed by atoms with Gasteiger partial charge in [0, 0.05) is 19.4 Å². The van der Waals surface area contributed by atoms with Gasteiger partial charge in [0.05, 0.1) is 15.6 Å². The second-order valence-corrected chi connectivity index (χ2v) is 4.47. The highest BCUT2D eigenvalue weighted by Gasteiger charge is 2.20. The third-order valence-corrected chi connectivity index (χ3v) is 3.00. The summed E-state index contributed by atoms with van der Waals surface area (Å²) in [6.45, 7) is 0. The Kier molecular flexibility index (Phi) is 3.97. The molecule has 0 saturated heterocycles. The van der Waals surface area contributed by atoms with Crippen molar-refractivity contribution in [3.05, 3.63) is 52.0 Å². The van der Waals surface area contributed by atoms with Crippen molar-refractivity contribution in [2.45, 2.75) is 0 Å². The zero-order valence-electron chi connectivity index (χ0n) is 9.77. The lowest BCUT2D eigenvalue weighted by atomic mass is 10.2. The van der Waals surface area contributed by atoms with Crippen LogP contribution in [-0.2, 0) is 0 Å². The number of carbonyl (C=O) groups excluding carboxylic acids is 1. The number of hydrogen-bond acceptors (Lipinski definition) is 3. The SMILES string of the molecule is CN(C(=O)c1cc(F)c(Cl)cc1Cl)c1ncccn1. The summed E-state index contributed by atoms with van der Waals surface area (Å²) in [7, 11) is 1.47. The molecule has 98 valence electrons. The van der Waals surface area contributed by atoms with E-state index in [9.17, 15) is 9.18 Å². The van der Waals surface area contributed by atoms with Gasteiger partial charge in [0.15, 0.2) is 0 Å². The molecule has 0 N–H and O–H groups in total. The van der Waals surface area contributed by atoms with Crippen LogP contribution in [0.15, 0.2) is 30.6 Å². The summed E-state index contributed by atoms with van der Waals surface area (Å²) < 4.78 is 13.4. The zero-order chi connectivity index (χ0) is 14.0. The Morgan fingerprint density at radius 3 is 2.47 bits per heavy atom. The fourth-order valence-corrected chi connectivity index (χ4v) is 1.89. The highest BCUT2D eigenvalue weighted by atomic mass is 35.5. The fourth-order valence-electron chi connectivity index (χ4n) is 1.42. The second-order valence-electron chi connectivity index (χ2n) is 3.66. The largest absolute Gasteiger partial charge is 0.280 e. The summed E-state index contributed by atoms with van der Waals surface area (Å²) in [4.78, 5) is 21.2. The average Bonchev–Trinajstić information content (AvgIpc) is 2.42. The molecule has 1 amide bonds. The predicted octanol–water partition coefficient (Wildman–Crippen LogP) is 3.20. The second kappa shape index (κ2) is 5.50. The fraction of sp³-hybridized carbons (Fsp3) is 0.0833. The quantitative estimate of drug-likeness (QED) is 0.800. The van der Waals surface area contributed by atoms with Crippen molar-refractivity contribution >= 4 is 35.1 Å².